The standard InChI is InChI=1S/C7H10O3S/c1-11-7(3-4-7)10-6(9)2-5-8/h5H,2-4H2,1H3. The highest BCUT2D eigenvalue weighted by Crippen LogP contribution is 2.48. The van der Waals surface area contributed by atoms with Gasteiger partial charge in [0.1, 0.15) is 12.7 Å². The number of ether oxygens (including phenoxy) is 1. The van der Waals surface area contributed by atoms with E-state index in [4.69, 9.17) is 4.74 Å². The molecule has 0 heterocycles. The molecular weight excluding hydrogens is 164 g/mol. The molecule has 0 aromatic heterocycles. The number of thioether (sulfide) groups is 1. The Balaban J connectivity index is 2.29. The van der Waals surface area contributed by atoms with Crippen LogP contribution in [0.1, 0.15) is 19.3 Å². The number of hydrogen-bond donors (Lipinski definition) is 0. The molecular formula is C7H10O3S. The van der Waals surface area contributed by atoms with Crippen LogP contribution in [-0.4, -0.2) is 23.4 Å². The molecule has 3 nitrogen and oxygen atoms in total. The third-order valence-corrected chi connectivity index (χ3v) is 2.82. The van der Waals surface area contributed by atoms with Gasteiger partial charge in [0.25, 0.3) is 0 Å². The summed E-state index contributed by atoms with van der Waals surface area (Å²) in [6, 6.07) is 0. The first-order valence-corrected chi connectivity index (χ1v) is 4.65. The zero-order chi connectivity index (χ0) is 8.32. The first kappa shape index (κ1) is 8.59. The lowest BCUT2D eigenvalue weighted by molar-refractivity contribution is -0.147. The van der Waals surface area contributed by atoms with Crippen molar-refractivity contribution < 1.29 is 14.3 Å². The van der Waals surface area contributed by atoms with Crippen LogP contribution >= 0.6 is 11.8 Å². The van der Waals surface area contributed by atoms with Crippen LogP contribution in [0.15, 0.2) is 0 Å². The monoisotopic (exact) mass is 174 g/mol. The minimum atomic E-state index is -0.410. The number of rotatable bonds is 4. The SMILES string of the molecule is CSC1(OC(=O)CC=O)CC1. The van der Waals surface area contributed by atoms with Crippen LogP contribution in [0.4, 0.5) is 0 Å². The lowest BCUT2D eigenvalue weighted by Gasteiger charge is -2.11. The van der Waals surface area contributed by atoms with Gasteiger partial charge in [0, 0.05) is 12.8 Å². The van der Waals surface area contributed by atoms with Gasteiger partial charge < -0.3 is 9.53 Å². The molecule has 1 aliphatic carbocycles. The van der Waals surface area contributed by atoms with Gasteiger partial charge in [-0.1, -0.05) is 0 Å². The van der Waals surface area contributed by atoms with Gasteiger partial charge in [0.05, 0.1) is 0 Å². The van der Waals surface area contributed by atoms with E-state index in [9.17, 15) is 9.59 Å². The van der Waals surface area contributed by atoms with Crippen molar-refractivity contribution in [2.45, 2.75) is 24.2 Å². The molecule has 0 atom stereocenters. The number of carbonyl (C=O) groups is 2. The maximum Gasteiger partial charge on any atom is 0.314 e. The highest BCUT2D eigenvalue weighted by molar-refractivity contribution is 8.00. The molecule has 0 amide bonds. The zero-order valence-corrected chi connectivity index (χ0v) is 7.15. The predicted molar refractivity (Wildman–Crippen MR) is 42.3 cm³/mol. The minimum Gasteiger partial charge on any atom is -0.448 e. The van der Waals surface area contributed by atoms with Gasteiger partial charge in [-0.3, -0.25) is 4.79 Å². The van der Waals surface area contributed by atoms with E-state index in [0.29, 0.717) is 6.29 Å². The van der Waals surface area contributed by atoms with E-state index in [2.05, 4.69) is 0 Å². The maximum absolute atomic E-state index is 10.8. The van der Waals surface area contributed by atoms with Crippen molar-refractivity contribution in [3.05, 3.63) is 0 Å². The van der Waals surface area contributed by atoms with Crippen molar-refractivity contribution in [3.8, 4) is 0 Å². The van der Waals surface area contributed by atoms with Crippen LogP contribution in [0.5, 0.6) is 0 Å². The topological polar surface area (TPSA) is 43.4 Å². The fraction of sp³-hybridized carbons (Fsp3) is 0.714. The van der Waals surface area contributed by atoms with Crippen molar-refractivity contribution in [2.75, 3.05) is 6.26 Å². The molecule has 0 saturated heterocycles. The summed E-state index contributed by atoms with van der Waals surface area (Å²) in [7, 11) is 0. The van der Waals surface area contributed by atoms with Gasteiger partial charge in [0.15, 0.2) is 4.93 Å². The lowest BCUT2D eigenvalue weighted by Crippen LogP contribution is -2.15. The van der Waals surface area contributed by atoms with Crippen LogP contribution in [0.25, 0.3) is 0 Å². The van der Waals surface area contributed by atoms with E-state index in [0.717, 1.165) is 12.8 Å². The van der Waals surface area contributed by atoms with Crippen LogP contribution in [0, 0.1) is 0 Å². The fourth-order valence-corrected chi connectivity index (χ4v) is 1.45. The van der Waals surface area contributed by atoms with E-state index < -0.39 is 5.97 Å². The second kappa shape index (κ2) is 3.26. The number of aldehydes is 1. The summed E-state index contributed by atoms with van der Waals surface area (Å²) < 4.78 is 5.03. The van der Waals surface area contributed by atoms with Crippen molar-refractivity contribution in [3.63, 3.8) is 0 Å². The van der Waals surface area contributed by atoms with E-state index in [1.807, 2.05) is 6.26 Å². The first-order valence-electron chi connectivity index (χ1n) is 3.43. The summed E-state index contributed by atoms with van der Waals surface area (Å²) in [6.07, 6.45) is 4.18. The van der Waals surface area contributed by atoms with Crippen molar-refractivity contribution in [2.24, 2.45) is 0 Å². The smallest absolute Gasteiger partial charge is 0.314 e. The number of carbonyl (C=O) groups excluding carboxylic acids is 2. The molecule has 0 bridgehead atoms. The molecule has 4 heteroatoms. The summed E-state index contributed by atoms with van der Waals surface area (Å²) in [5, 5.41) is 0. The Morgan fingerprint density at radius 1 is 1.73 bits per heavy atom. The Bertz CT molecular complexity index is 175. The third-order valence-electron chi connectivity index (χ3n) is 1.58. The summed E-state index contributed by atoms with van der Waals surface area (Å²) in [5.41, 5.74) is 0. The average molecular weight is 174 g/mol. The lowest BCUT2D eigenvalue weighted by atomic mass is 10.5. The maximum atomic E-state index is 10.8. The van der Waals surface area contributed by atoms with Gasteiger partial charge >= 0.3 is 5.97 Å². The van der Waals surface area contributed by atoms with Gasteiger partial charge in [-0.05, 0) is 6.26 Å². The number of esters is 1. The Kier molecular flexibility index (Phi) is 2.54. The molecule has 1 saturated carbocycles. The highest BCUT2D eigenvalue weighted by Gasteiger charge is 2.46. The molecule has 0 N–H and O–H groups in total. The average Bonchev–Trinajstić information content (AvgIpc) is 2.70. The van der Waals surface area contributed by atoms with Crippen LogP contribution in [-0.2, 0) is 14.3 Å². The molecule has 0 aromatic carbocycles. The summed E-state index contributed by atoms with van der Waals surface area (Å²) in [6.45, 7) is 0. The quantitative estimate of drug-likeness (QED) is 0.276. The summed E-state index contributed by atoms with van der Waals surface area (Å²) in [5.74, 6) is -0.410. The fourth-order valence-electron chi connectivity index (χ4n) is 0.767. The molecule has 0 radical (unpaired) electrons. The van der Waals surface area contributed by atoms with Crippen LogP contribution in [0.3, 0.4) is 0 Å². The molecule has 1 aliphatic rings. The molecule has 0 spiro atoms. The highest BCUT2D eigenvalue weighted by atomic mass is 32.2. The molecule has 0 unspecified atom stereocenters. The van der Waals surface area contributed by atoms with E-state index in [1.54, 1.807) is 0 Å². The van der Waals surface area contributed by atoms with Gasteiger partial charge in [-0.25, -0.2) is 0 Å². The number of hydrogen-bond acceptors (Lipinski definition) is 4. The first-order chi connectivity index (χ1) is 5.22. The predicted octanol–water partition coefficient (Wildman–Crippen LogP) is 0.972. The van der Waals surface area contributed by atoms with Crippen molar-refractivity contribution >= 4 is 24.0 Å². The van der Waals surface area contributed by atoms with Crippen LogP contribution < -0.4 is 0 Å². The van der Waals surface area contributed by atoms with Gasteiger partial charge in [0.2, 0.25) is 0 Å². The van der Waals surface area contributed by atoms with Crippen LogP contribution in [0.2, 0.25) is 0 Å². The van der Waals surface area contributed by atoms with E-state index in [1.165, 1.54) is 11.8 Å². The molecule has 1 rings (SSSR count). The van der Waals surface area contributed by atoms with Crippen molar-refractivity contribution in [1.29, 1.82) is 0 Å². The molecule has 62 valence electrons. The Hall–Kier alpha value is -0.510. The summed E-state index contributed by atoms with van der Waals surface area (Å²) in [4.78, 5) is 20.4. The summed E-state index contributed by atoms with van der Waals surface area (Å²) >= 11 is 1.53. The second-order valence-electron chi connectivity index (χ2n) is 2.46. The Labute approximate surface area is 69.5 Å². The molecule has 0 aliphatic heterocycles. The van der Waals surface area contributed by atoms with Gasteiger partial charge in [-0.2, -0.15) is 0 Å². The van der Waals surface area contributed by atoms with E-state index >= 15 is 0 Å². The Morgan fingerprint density at radius 3 is 2.73 bits per heavy atom. The largest absolute Gasteiger partial charge is 0.448 e. The van der Waals surface area contributed by atoms with Gasteiger partial charge in [-0.15, -0.1) is 11.8 Å². The molecule has 0 aromatic rings. The van der Waals surface area contributed by atoms with E-state index in [-0.39, 0.29) is 11.4 Å². The normalized spacial score (nSPS) is 19.0. The van der Waals surface area contributed by atoms with Crippen molar-refractivity contribution in [1.82, 2.24) is 0 Å². The second-order valence-corrected chi connectivity index (χ2v) is 3.61. The minimum absolute atomic E-state index is 0.123. The molecule has 1 fully saturated rings. The molecule has 11 heavy (non-hydrogen) atoms. The Morgan fingerprint density at radius 2 is 2.36 bits per heavy atom. The third kappa shape index (κ3) is 2.22. The zero-order valence-electron chi connectivity index (χ0n) is 6.33.